The topological polar surface area (TPSA) is 38.9 Å². The maximum Gasteiger partial charge on any atom is 0.0375 e. The first kappa shape index (κ1) is 8.94. The molecule has 2 N–H and O–H groups in total. The first-order chi connectivity index (χ1) is 5.74. The predicted molar refractivity (Wildman–Crippen MR) is 50.7 cm³/mol. The number of aryl methyl sites for hydroxylation is 1. The smallest absolute Gasteiger partial charge is 0.0375 e. The minimum Gasteiger partial charge on any atom is -0.324 e. The lowest BCUT2D eigenvalue weighted by Crippen LogP contribution is -2.09. The van der Waals surface area contributed by atoms with Crippen LogP contribution in [0.2, 0.25) is 0 Å². The molecule has 0 fully saturated rings. The molecule has 0 aliphatic carbocycles. The van der Waals surface area contributed by atoms with Crippen LogP contribution in [0.3, 0.4) is 0 Å². The molecule has 0 saturated carbocycles. The van der Waals surface area contributed by atoms with Gasteiger partial charge in [0.05, 0.1) is 0 Å². The second-order valence-corrected chi connectivity index (χ2v) is 2.86. The molecule has 0 saturated heterocycles. The quantitative estimate of drug-likeness (QED) is 0.690. The van der Waals surface area contributed by atoms with Gasteiger partial charge in [0.25, 0.3) is 0 Å². The Kier molecular flexibility index (Phi) is 3.00. The summed E-state index contributed by atoms with van der Waals surface area (Å²) in [5.41, 5.74) is 8.01. The summed E-state index contributed by atoms with van der Waals surface area (Å²) >= 11 is 0. The van der Waals surface area contributed by atoms with E-state index >= 15 is 0 Å². The first-order valence-electron chi connectivity index (χ1n) is 4.03. The Morgan fingerprint density at radius 2 is 2.50 bits per heavy atom. The van der Waals surface area contributed by atoms with Crippen molar-refractivity contribution in [1.29, 1.82) is 0 Å². The SMILES string of the molecule is C=CCC(N)c1ccnc(C)c1. The molecule has 12 heavy (non-hydrogen) atoms. The Bertz CT molecular complexity index is 268. The van der Waals surface area contributed by atoms with E-state index in [1.54, 1.807) is 6.20 Å². The number of nitrogens with zero attached hydrogens (tertiary/aromatic N) is 1. The average Bonchev–Trinajstić information content (AvgIpc) is 2.05. The van der Waals surface area contributed by atoms with Crippen LogP contribution in [0.25, 0.3) is 0 Å². The lowest BCUT2D eigenvalue weighted by atomic mass is 10.1. The monoisotopic (exact) mass is 162 g/mol. The Labute approximate surface area is 73.1 Å². The van der Waals surface area contributed by atoms with Crippen LogP contribution in [0.4, 0.5) is 0 Å². The molecule has 1 atom stereocenters. The van der Waals surface area contributed by atoms with E-state index < -0.39 is 0 Å². The van der Waals surface area contributed by atoms with Gasteiger partial charge < -0.3 is 5.73 Å². The van der Waals surface area contributed by atoms with Crippen molar-refractivity contribution in [3.8, 4) is 0 Å². The third kappa shape index (κ3) is 2.17. The molecule has 2 nitrogen and oxygen atoms in total. The lowest BCUT2D eigenvalue weighted by Gasteiger charge is -2.08. The fourth-order valence-electron chi connectivity index (χ4n) is 1.11. The number of rotatable bonds is 3. The summed E-state index contributed by atoms with van der Waals surface area (Å²) in [5.74, 6) is 0. The highest BCUT2D eigenvalue weighted by molar-refractivity contribution is 5.19. The summed E-state index contributed by atoms with van der Waals surface area (Å²) in [6, 6.07) is 4.01. The summed E-state index contributed by atoms with van der Waals surface area (Å²) < 4.78 is 0. The van der Waals surface area contributed by atoms with Gasteiger partial charge in [-0.2, -0.15) is 0 Å². The molecule has 0 aliphatic rings. The van der Waals surface area contributed by atoms with Gasteiger partial charge in [0.15, 0.2) is 0 Å². The maximum absolute atomic E-state index is 5.88. The predicted octanol–water partition coefficient (Wildman–Crippen LogP) is 1.97. The van der Waals surface area contributed by atoms with Gasteiger partial charge in [0.2, 0.25) is 0 Å². The summed E-state index contributed by atoms with van der Waals surface area (Å²) in [6.45, 7) is 5.62. The van der Waals surface area contributed by atoms with Crippen LogP contribution in [0.15, 0.2) is 31.0 Å². The van der Waals surface area contributed by atoms with Crippen molar-refractivity contribution in [2.24, 2.45) is 5.73 Å². The molecule has 64 valence electrons. The van der Waals surface area contributed by atoms with Gasteiger partial charge in [-0.25, -0.2) is 0 Å². The van der Waals surface area contributed by atoms with E-state index in [0.717, 1.165) is 17.7 Å². The standard InChI is InChI=1S/C10H14N2/c1-3-4-10(11)9-5-6-12-8(2)7-9/h3,5-7,10H,1,4,11H2,2H3. The molecule has 0 spiro atoms. The number of pyridine rings is 1. The van der Waals surface area contributed by atoms with Crippen molar-refractivity contribution in [2.75, 3.05) is 0 Å². The third-order valence-corrected chi connectivity index (χ3v) is 1.77. The van der Waals surface area contributed by atoms with Crippen molar-refractivity contribution < 1.29 is 0 Å². The van der Waals surface area contributed by atoms with Crippen molar-refractivity contribution in [3.05, 3.63) is 42.2 Å². The molecular formula is C10H14N2. The number of hydrogen-bond donors (Lipinski definition) is 1. The average molecular weight is 162 g/mol. The Balaban J connectivity index is 2.80. The van der Waals surface area contributed by atoms with E-state index in [-0.39, 0.29) is 6.04 Å². The van der Waals surface area contributed by atoms with E-state index in [9.17, 15) is 0 Å². The van der Waals surface area contributed by atoms with Gasteiger partial charge in [-0.3, -0.25) is 4.98 Å². The largest absolute Gasteiger partial charge is 0.324 e. The van der Waals surface area contributed by atoms with Crippen LogP contribution >= 0.6 is 0 Å². The zero-order valence-electron chi connectivity index (χ0n) is 7.33. The molecule has 1 aromatic heterocycles. The van der Waals surface area contributed by atoms with Crippen molar-refractivity contribution in [3.63, 3.8) is 0 Å². The molecule has 1 heterocycles. The van der Waals surface area contributed by atoms with Gasteiger partial charge in [-0.15, -0.1) is 6.58 Å². The molecule has 1 aromatic rings. The number of aromatic nitrogens is 1. The summed E-state index contributed by atoms with van der Waals surface area (Å²) in [5, 5.41) is 0. The summed E-state index contributed by atoms with van der Waals surface area (Å²) in [4.78, 5) is 4.10. The van der Waals surface area contributed by atoms with Crippen LogP contribution in [0, 0.1) is 6.92 Å². The minimum atomic E-state index is 0.0594. The molecule has 1 unspecified atom stereocenters. The Morgan fingerprint density at radius 1 is 1.75 bits per heavy atom. The van der Waals surface area contributed by atoms with E-state index in [1.165, 1.54) is 0 Å². The number of hydrogen-bond acceptors (Lipinski definition) is 2. The normalized spacial score (nSPS) is 12.5. The van der Waals surface area contributed by atoms with E-state index in [2.05, 4.69) is 11.6 Å². The second-order valence-electron chi connectivity index (χ2n) is 2.86. The van der Waals surface area contributed by atoms with Crippen LogP contribution in [-0.4, -0.2) is 4.98 Å². The summed E-state index contributed by atoms with van der Waals surface area (Å²) in [7, 11) is 0. The first-order valence-corrected chi connectivity index (χ1v) is 4.03. The molecule has 2 heteroatoms. The Morgan fingerprint density at radius 3 is 3.08 bits per heavy atom. The minimum absolute atomic E-state index is 0.0594. The van der Waals surface area contributed by atoms with Gasteiger partial charge in [0, 0.05) is 17.9 Å². The van der Waals surface area contributed by atoms with Crippen molar-refractivity contribution in [2.45, 2.75) is 19.4 Å². The number of nitrogens with two attached hydrogens (primary N) is 1. The second kappa shape index (κ2) is 4.02. The molecule has 0 bridgehead atoms. The maximum atomic E-state index is 5.88. The molecular weight excluding hydrogens is 148 g/mol. The zero-order chi connectivity index (χ0) is 8.97. The van der Waals surface area contributed by atoms with Crippen LogP contribution in [0.5, 0.6) is 0 Å². The summed E-state index contributed by atoms with van der Waals surface area (Å²) in [6.07, 6.45) is 4.43. The van der Waals surface area contributed by atoms with Crippen LogP contribution < -0.4 is 5.73 Å². The molecule has 0 aromatic carbocycles. The van der Waals surface area contributed by atoms with Crippen molar-refractivity contribution in [1.82, 2.24) is 4.98 Å². The fourth-order valence-corrected chi connectivity index (χ4v) is 1.11. The third-order valence-electron chi connectivity index (χ3n) is 1.77. The van der Waals surface area contributed by atoms with E-state index in [4.69, 9.17) is 5.73 Å². The Hall–Kier alpha value is -1.15. The van der Waals surface area contributed by atoms with E-state index in [0.29, 0.717) is 0 Å². The van der Waals surface area contributed by atoms with E-state index in [1.807, 2.05) is 25.1 Å². The highest BCUT2D eigenvalue weighted by Crippen LogP contribution is 2.13. The van der Waals surface area contributed by atoms with Crippen LogP contribution in [-0.2, 0) is 0 Å². The highest BCUT2D eigenvalue weighted by Gasteiger charge is 2.02. The molecule has 0 radical (unpaired) electrons. The van der Waals surface area contributed by atoms with Gasteiger partial charge in [-0.1, -0.05) is 6.08 Å². The lowest BCUT2D eigenvalue weighted by molar-refractivity contribution is 0.738. The highest BCUT2D eigenvalue weighted by atomic mass is 14.7. The van der Waals surface area contributed by atoms with Gasteiger partial charge in [-0.05, 0) is 31.0 Å². The molecule has 0 aliphatic heterocycles. The molecule has 0 amide bonds. The fraction of sp³-hybridized carbons (Fsp3) is 0.300. The van der Waals surface area contributed by atoms with Gasteiger partial charge >= 0.3 is 0 Å². The zero-order valence-corrected chi connectivity index (χ0v) is 7.33. The molecule has 1 rings (SSSR count). The van der Waals surface area contributed by atoms with Crippen molar-refractivity contribution >= 4 is 0 Å². The van der Waals surface area contributed by atoms with Crippen LogP contribution in [0.1, 0.15) is 23.7 Å². The van der Waals surface area contributed by atoms with Gasteiger partial charge in [0.1, 0.15) is 0 Å².